The largest absolute Gasteiger partial charge is 0.493 e. The van der Waals surface area contributed by atoms with Crippen LogP contribution in [0.2, 0.25) is 0 Å². The van der Waals surface area contributed by atoms with Gasteiger partial charge in [0.1, 0.15) is 5.75 Å². The molecule has 2 aliphatic rings. The molecule has 0 aliphatic carbocycles. The average molecular weight is 389 g/mol. The van der Waals surface area contributed by atoms with Crippen LogP contribution in [0.1, 0.15) is 44.1 Å². The normalized spacial score (nSPS) is 21.1. The van der Waals surface area contributed by atoms with Crippen LogP contribution in [-0.4, -0.2) is 69.9 Å². The van der Waals surface area contributed by atoms with Crippen LogP contribution in [-0.2, 0) is 4.74 Å². The van der Waals surface area contributed by atoms with E-state index in [1.165, 1.54) is 5.56 Å². The van der Waals surface area contributed by atoms with Crippen LogP contribution >= 0.6 is 0 Å². The quantitative estimate of drug-likeness (QED) is 0.407. The van der Waals surface area contributed by atoms with E-state index >= 15 is 0 Å². The van der Waals surface area contributed by atoms with E-state index in [1.807, 2.05) is 6.07 Å². The molecule has 6 heteroatoms. The predicted molar refractivity (Wildman–Crippen MR) is 114 cm³/mol. The Labute approximate surface area is 169 Å². The molecule has 2 aliphatic heterocycles. The van der Waals surface area contributed by atoms with Crippen LogP contribution in [0.15, 0.2) is 29.3 Å². The molecule has 1 saturated heterocycles. The second-order valence-corrected chi connectivity index (χ2v) is 7.70. The van der Waals surface area contributed by atoms with Gasteiger partial charge in [-0.15, -0.1) is 0 Å². The molecule has 1 unspecified atom stereocenters. The van der Waals surface area contributed by atoms with E-state index in [1.54, 1.807) is 7.11 Å². The molecule has 6 nitrogen and oxygen atoms in total. The number of guanidine groups is 1. The van der Waals surface area contributed by atoms with Crippen LogP contribution in [0.4, 0.5) is 0 Å². The highest BCUT2D eigenvalue weighted by molar-refractivity contribution is 5.80. The summed E-state index contributed by atoms with van der Waals surface area (Å²) < 4.78 is 10.9. The Hall–Kier alpha value is -1.79. The lowest BCUT2D eigenvalue weighted by atomic mass is 9.93. The monoisotopic (exact) mass is 388 g/mol. The minimum absolute atomic E-state index is 0.433. The van der Waals surface area contributed by atoms with E-state index in [4.69, 9.17) is 14.5 Å². The summed E-state index contributed by atoms with van der Waals surface area (Å²) in [5, 5.41) is 7.09. The fourth-order valence-corrected chi connectivity index (χ4v) is 4.05. The third kappa shape index (κ3) is 6.11. The van der Waals surface area contributed by atoms with Crippen molar-refractivity contribution >= 4 is 5.96 Å². The Morgan fingerprint density at radius 1 is 1.25 bits per heavy atom. The number of rotatable bonds is 8. The van der Waals surface area contributed by atoms with E-state index in [9.17, 15) is 0 Å². The molecule has 0 spiro atoms. The number of para-hydroxylation sites is 1. The molecule has 1 atom stereocenters. The summed E-state index contributed by atoms with van der Waals surface area (Å²) in [6.07, 6.45) is 4.47. The number of piperidine rings is 1. The number of methoxy groups -OCH3 is 1. The first-order chi connectivity index (χ1) is 13.8. The van der Waals surface area contributed by atoms with E-state index in [-0.39, 0.29) is 0 Å². The molecule has 0 radical (unpaired) electrons. The second-order valence-electron chi connectivity index (χ2n) is 7.70. The number of hydrogen-bond donors (Lipinski definition) is 2. The van der Waals surface area contributed by atoms with Gasteiger partial charge >= 0.3 is 0 Å². The summed E-state index contributed by atoms with van der Waals surface area (Å²) in [7, 11) is 1.77. The van der Waals surface area contributed by atoms with Crippen molar-refractivity contribution in [1.29, 1.82) is 0 Å². The molecule has 28 heavy (non-hydrogen) atoms. The number of nitrogens with one attached hydrogen (secondary N) is 2. The molecule has 2 N–H and O–H groups in total. The average Bonchev–Trinajstić information content (AvgIpc) is 2.73. The third-order valence-corrected chi connectivity index (χ3v) is 5.65. The molecule has 0 bridgehead atoms. The van der Waals surface area contributed by atoms with Gasteiger partial charge in [0, 0.05) is 58.4 Å². The van der Waals surface area contributed by atoms with Crippen molar-refractivity contribution in [1.82, 2.24) is 15.5 Å². The Bertz CT molecular complexity index is 614. The van der Waals surface area contributed by atoms with Crippen molar-refractivity contribution in [2.45, 2.75) is 44.6 Å². The molecule has 2 heterocycles. The van der Waals surface area contributed by atoms with Crippen molar-refractivity contribution in [3.05, 3.63) is 29.8 Å². The minimum Gasteiger partial charge on any atom is -0.493 e. The number of nitrogens with zero attached hydrogens (tertiary/aromatic N) is 2. The number of hydrogen-bond acceptors (Lipinski definition) is 4. The Balaban J connectivity index is 1.50. The van der Waals surface area contributed by atoms with Gasteiger partial charge in [-0.2, -0.15) is 0 Å². The number of aliphatic imine (C=N–C) groups is 1. The molecule has 156 valence electrons. The number of likely N-dealkylation sites (tertiary alicyclic amines) is 1. The van der Waals surface area contributed by atoms with Gasteiger partial charge in [0.15, 0.2) is 5.96 Å². The Kier molecular flexibility index (Phi) is 8.42. The van der Waals surface area contributed by atoms with Crippen LogP contribution in [0.3, 0.4) is 0 Å². The molecular weight excluding hydrogens is 352 g/mol. The highest BCUT2D eigenvalue weighted by atomic mass is 16.5. The van der Waals surface area contributed by atoms with Gasteiger partial charge < -0.3 is 25.0 Å². The Morgan fingerprint density at radius 3 is 2.86 bits per heavy atom. The topological polar surface area (TPSA) is 58.1 Å². The molecular formula is C22H36N4O2. The molecule has 3 rings (SSSR count). The maximum absolute atomic E-state index is 5.78. The molecule has 0 aromatic heterocycles. The summed E-state index contributed by atoms with van der Waals surface area (Å²) in [4.78, 5) is 7.46. The third-order valence-electron chi connectivity index (χ3n) is 5.65. The fraction of sp³-hybridized carbons (Fsp3) is 0.682. The first kappa shape index (κ1) is 20.9. The lowest BCUT2D eigenvalue weighted by Gasteiger charge is -2.33. The van der Waals surface area contributed by atoms with Gasteiger partial charge in [-0.3, -0.25) is 4.99 Å². The van der Waals surface area contributed by atoms with Crippen molar-refractivity contribution < 1.29 is 9.47 Å². The summed E-state index contributed by atoms with van der Waals surface area (Å²) in [6, 6.07) is 8.87. The van der Waals surface area contributed by atoms with Gasteiger partial charge in [-0.05, 0) is 44.2 Å². The predicted octanol–water partition coefficient (Wildman–Crippen LogP) is 2.61. The highest BCUT2D eigenvalue weighted by Crippen LogP contribution is 2.33. The SMILES string of the molecule is CCNC(=NCC1CCOc2ccccc21)NC1CCN(CCCOC)CC1. The van der Waals surface area contributed by atoms with Crippen molar-refractivity contribution in [2.75, 3.05) is 53.0 Å². The first-order valence-electron chi connectivity index (χ1n) is 10.8. The van der Waals surface area contributed by atoms with Crippen molar-refractivity contribution in [2.24, 2.45) is 4.99 Å². The van der Waals surface area contributed by atoms with Gasteiger partial charge in [0.2, 0.25) is 0 Å². The zero-order valence-electron chi connectivity index (χ0n) is 17.5. The van der Waals surface area contributed by atoms with E-state index in [0.717, 1.165) is 83.3 Å². The van der Waals surface area contributed by atoms with Gasteiger partial charge in [0.25, 0.3) is 0 Å². The Morgan fingerprint density at radius 2 is 2.07 bits per heavy atom. The van der Waals surface area contributed by atoms with Crippen LogP contribution in [0.25, 0.3) is 0 Å². The lowest BCUT2D eigenvalue weighted by Crippen LogP contribution is -2.49. The second kappa shape index (κ2) is 11.3. The molecule has 0 saturated carbocycles. The smallest absolute Gasteiger partial charge is 0.191 e. The lowest BCUT2D eigenvalue weighted by molar-refractivity contribution is 0.155. The van der Waals surface area contributed by atoms with E-state index < -0.39 is 0 Å². The van der Waals surface area contributed by atoms with Gasteiger partial charge in [-0.25, -0.2) is 0 Å². The van der Waals surface area contributed by atoms with Crippen molar-refractivity contribution in [3.63, 3.8) is 0 Å². The summed E-state index contributed by atoms with van der Waals surface area (Å²) >= 11 is 0. The molecule has 1 fully saturated rings. The van der Waals surface area contributed by atoms with Crippen LogP contribution in [0, 0.1) is 0 Å². The summed E-state index contributed by atoms with van der Waals surface area (Å²) in [5.41, 5.74) is 1.29. The fourth-order valence-electron chi connectivity index (χ4n) is 4.05. The van der Waals surface area contributed by atoms with Crippen LogP contribution in [0.5, 0.6) is 5.75 Å². The molecule has 0 amide bonds. The van der Waals surface area contributed by atoms with Gasteiger partial charge in [0.05, 0.1) is 6.61 Å². The van der Waals surface area contributed by atoms with Crippen molar-refractivity contribution in [3.8, 4) is 5.75 Å². The zero-order chi connectivity index (χ0) is 19.6. The summed E-state index contributed by atoms with van der Waals surface area (Å²) in [5.74, 6) is 2.40. The minimum atomic E-state index is 0.433. The summed E-state index contributed by atoms with van der Waals surface area (Å²) in [6.45, 7) is 8.87. The zero-order valence-corrected chi connectivity index (χ0v) is 17.5. The first-order valence-corrected chi connectivity index (χ1v) is 10.8. The molecule has 1 aromatic rings. The number of benzene rings is 1. The van der Waals surface area contributed by atoms with E-state index in [2.05, 4.69) is 40.7 Å². The highest BCUT2D eigenvalue weighted by Gasteiger charge is 2.22. The maximum atomic E-state index is 5.78. The maximum Gasteiger partial charge on any atom is 0.191 e. The standard InChI is InChI=1S/C22H36N4O2/c1-3-23-22(25-19-9-13-26(14-10-19)12-6-15-27-2)24-17-18-11-16-28-21-8-5-4-7-20(18)21/h4-5,7-8,18-19H,3,6,9-17H2,1-2H3,(H2,23,24,25). The van der Waals surface area contributed by atoms with E-state index in [0.29, 0.717) is 12.0 Å². The van der Waals surface area contributed by atoms with Gasteiger partial charge in [-0.1, -0.05) is 18.2 Å². The molecule has 1 aromatic carbocycles. The number of fused-ring (bicyclic) bond motifs is 1. The van der Waals surface area contributed by atoms with Crippen LogP contribution < -0.4 is 15.4 Å². The number of ether oxygens (including phenoxy) is 2.